The highest BCUT2D eigenvalue weighted by atomic mass is 16.5. The van der Waals surface area contributed by atoms with E-state index in [9.17, 15) is 0 Å². The first-order valence-corrected chi connectivity index (χ1v) is 8.79. The normalized spacial score (nSPS) is 18.2. The number of hydrogen-bond donors (Lipinski definition) is 1. The van der Waals surface area contributed by atoms with Gasteiger partial charge < -0.3 is 10.1 Å². The van der Waals surface area contributed by atoms with E-state index >= 15 is 0 Å². The van der Waals surface area contributed by atoms with Gasteiger partial charge in [-0.05, 0) is 43.5 Å². The van der Waals surface area contributed by atoms with Crippen molar-refractivity contribution in [2.45, 2.75) is 64.8 Å². The highest BCUT2D eigenvalue weighted by Crippen LogP contribution is 2.31. The molecule has 0 spiro atoms. The zero-order chi connectivity index (χ0) is 14.9. The Hall–Kier alpha value is -1.02. The fourth-order valence-electron chi connectivity index (χ4n) is 3.48. The minimum atomic E-state index is 0.494. The Morgan fingerprint density at radius 1 is 1.05 bits per heavy atom. The van der Waals surface area contributed by atoms with E-state index in [2.05, 4.69) is 36.5 Å². The van der Waals surface area contributed by atoms with Crippen molar-refractivity contribution in [2.75, 3.05) is 13.2 Å². The molecule has 1 aliphatic rings. The van der Waals surface area contributed by atoms with Gasteiger partial charge in [0.25, 0.3) is 0 Å². The summed E-state index contributed by atoms with van der Waals surface area (Å²) in [4.78, 5) is 0. The molecule has 1 fully saturated rings. The van der Waals surface area contributed by atoms with E-state index in [-0.39, 0.29) is 0 Å². The molecule has 1 N–H and O–H groups in total. The first-order chi connectivity index (χ1) is 10.3. The summed E-state index contributed by atoms with van der Waals surface area (Å²) in [6.45, 7) is 6.00. The van der Waals surface area contributed by atoms with Crippen LogP contribution in [0.2, 0.25) is 0 Å². The van der Waals surface area contributed by atoms with E-state index in [0.29, 0.717) is 6.04 Å². The van der Waals surface area contributed by atoms with Crippen LogP contribution in [0.25, 0.3) is 0 Å². The van der Waals surface area contributed by atoms with Crippen LogP contribution in [0.5, 0.6) is 5.75 Å². The van der Waals surface area contributed by atoms with Crippen LogP contribution in [-0.4, -0.2) is 13.2 Å². The van der Waals surface area contributed by atoms with Gasteiger partial charge in [-0.2, -0.15) is 0 Å². The van der Waals surface area contributed by atoms with Crippen LogP contribution in [0.4, 0.5) is 0 Å². The third-order valence-corrected chi connectivity index (χ3v) is 4.59. The molecule has 0 aromatic heterocycles. The van der Waals surface area contributed by atoms with E-state index < -0.39 is 0 Å². The summed E-state index contributed by atoms with van der Waals surface area (Å²) < 4.78 is 5.55. The van der Waals surface area contributed by atoms with Crippen LogP contribution in [0.15, 0.2) is 24.3 Å². The van der Waals surface area contributed by atoms with Gasteiger partial charge in [0, 0.05) is 6.04 Å². The van der Waals surface area contributed by atoms with Gasteiger partial charge in [0.15, 0.2) is 0 Å². The lowest BCUT2D eigenvalue weighted by Gasteiger charge is -2.24. The van der Waals surface area contributed by atoms with Crippen LogP contribution in [0, 0.1) is 5.92 Å². The van der Waals surface area contributed by atoms with Gasteiger partial charge in [-0.15, -0.1) is 0 Å². The third-order valence-electron chi connectivity index (χ3n) is 4.59. The van der Waals surface area contributed by atoms with Crippen molar-refractivity contribution in [3.63, 3.8) is 0 Å². The van der Waals surface area contributed by atoms with E-state index in [1.165, 1.54) is 50.5 Å². The van der Waals surface area contributed by atoms with Crippen LogP contribution in [0.3, 0.4) is 0 Å². The predicted octanol–water partition coefficient (Wildman–Crippen LogP) is 5.10. The van der Waals surface area contributed by atoms with Gasteiger partial charge >= 0.3 is 0 Å². The maximum Gasteiger partial charge on any atom is 0.119 e. The highest BCUT2D eigenvalue weighted by Gasteiger charge is 2.19. The molecule has 0 amide bonds. The van der Waals surface area contributed by atoms with Crippen molar-refractivity contribution < 1.29 is 4.74 Å². The molecule has 0 bridgehead atoms. The van der Waals surface area contributed by atoms with Gasteiger partial charge in [-0.1, -0.05) is 57.6 Å². The van der Waals surface area contributed by atoms with Gasteiger partial charge in [0.2, 0.25) is 0 Å². The van der Waals surface area contributed by atoms with E-state index in [1.807, 2.05) is 6.92 Å². The summed E-state index contributed by atoms with van der Waals surface area (Å²) in [7, 11) is 0. The fraction of sp³-hybridized carbons (Fsp3) is 0.684. The molecule has 2 rings (SSSR count). The molecule has 1 saturated carbocycles. The topological polar surface area (TPSA) is 21.3 Å². The number of benzene rings is 1. The minimum absolute atomic E-state index is 0.494. The van der Waals surface area contributed by atoms with Crippen LogP contribution < -0.4 is 10.1 Å². The Morgan fingerprint density at radius 3 is 2.29 bits per heavy atom. The fourth-order valence-corrected chi connectivity index (χ4v) is 3.48. The lowest BCUT2D eigenvalue weighted by molar-refractivity contribution is 0.339. The zero-order valence-corrected chi connectivity index (χ0v) is 13.7. The second kappa shape index (κ2) is 9.09. The number of nitrogens with one attached hydrogen (secondary N) is 1. The van der Waals surface area contributed by atoms with Crippen molar-refractivity contribution in [3.8, 4) is 5.75 Å². The van der Waals surface area contributed by atoms with Gasteiger partial charge in [0.05, 0.1) is 6.61 Å². The third kappa shape index (κ3) is 5.35. The Balaban J connectivity index is 1.99. The number of rotatable bonds is 7. The lowest BCUT2D eigenvalue weighted by Crippen LogP contribution is -2.23. The van der Waals surface area contributed by atoms with Crippen molar-refractivity contribution in [1.29, 1.82) is 0 Å². The molecule has 1 aromatic rings. The van der Waals surface area contributed by atoms with Crippen molar-refractivity contribution in [2.24, 2.45) is 5.92 Å². The number of hydrogen-bond acceptors (Lipinski definition) is 2. The molecule has 118 valence electrons. The largest absolute Gasteiger partial charge is 0.494 e. The first-order valence-electron chi connectivity index (χ1n) is 8.79. The van der Waals surface area contributed by atoms with Crippen molar-refractivity contribution in [1.82, 2.24) is 5.32 Å². The Bertz CT molecular complexity index is 379. The molecule has 2 heteroatoms. The molecule has 1 aliphatic carbocycles. The first kappa shape index (κ1) is 16.4. The molecule has 1 aromatic carbocycles. The maximum atomic E-state index is 5.55. The van der Waals surface area contributed by atoms with Crippen LogP contribution in [-0.2, 0) is 0 Å². The molecule has 0 saturated heterocycles. The molecule has 21 heavy (non-hydrogen) atoms. The Kier molecular flexibility index (Phi) is 7.08. The molecule has 1 atom stereocenters. The monoisotopic (exact) mass is 289 g/mol. The molecule has 1 unspecified atom stereocenters. The van der Waals surface area contributed by atoms with E-state index in [1.54, 1.807) is 0 Å². The van der Waals surface area contributed by atoms with Crippen molar-refractivity contribution >= 4 is 0 Å². The highest BCUT2D eigenvalue weighted by molar-refractivity contribution is 5.29. The summed E-state index contributed by atoms with van der Waals surface area (Å²) in [6, 6.07) is 9.17. The van der Waals surface area contributed by atoms with Gasteiger partial charge in [0.1, 0.15) is 5.75 Å². The van der Waals surface area contributed by atoms with Gasteiger partial charge in [-0.3, -0.25) is 0 Å². The molecule has 0 aliphatic heterocycles. The average Bonchev–Trinajstić information content (AvgIpc) is 2.77. The minimum Gasteiger partial charge on any atom is -0.494 e. The quantitative estimate of drug-likeness (QED) is 0.705. The van der Waals surface area contributed by atoms with Crippen LogP contribution in [0.1, 0.15) is 70.4 Å². The SMILES string of the molecule is CCNC(CC1CCCCCC1)c1ccc(OCC)cc1. The maximum absolute atomic E-state index is 5.55. The molecule has 2 nitrogen and oxygen atoms in total. The van der Waals surface area contributed by atoms with Crippen LogP contribution >= 0.6 is 0 Å². The summed E-state index contributed by atoms with van der Waals surface area (Å²) >= 11 is 0. The lowest BCUT2D eigenvalue weighted by atomic mass is 9.89. The number of ether oxygens (including phenoxy) is 1. The average molecular weight is 289 g/mol. The van der Waals surface area contributed by atoms with Crippen molar-refractivity contribution in [3.05, 3.63) is 29.8 Å². The summed E-state index contributed by atoms with van der Waals surface area (Å²) in [5.74, 6) is 1.87. The van der Waals surface area contributed by atoms with E-state index in [4.69, 9.17) is 4.74 Å². The zero-order valence-electron chi connectivity index (χ0n) is 13.7. The molecule has 0 heterocycles. The smallest absolute Gasteiger partial charge is 0.119 e. The molecular weight excluding hydrogens is 258 g/mol. The Morgan fingerprint density at radius 2 is 1.71 bits per heavy atom. The van der Waals surface area contributed by atoms with E-state index in [0.717, 1.165) is 24.8 Å². The summed E-state index contributed by atoms with van der Waals surface area (Å²) in [5, 5.41) is 3.68. The molecule has 0 radical (unpaired) electrons. The van der Waals surface area contributed by atoms with Gasteiger partial charge in [-0.25, -0.2) is 0 Å². The second-order valence-electron chi connectivity index (χ2n) is 6.21. The molecular formula is C19H31NO. The summed E-state index contributed by atoms with van der Waals surface area (Å²) in [6.07, 6.45) is 9.83. The standard InChI is InChI=1S/C19H31NO/c1-3-20-19(15-16-9-7-5-6-8-10-16)17-11-13-18(14-12-17)21-4-2/h11-14,16,19-20H,3-10,15H2,1-2H3. The predicted molar refractivity (Wildman–Crippen MR) is 89.8 cm³/mol. The Labute approximate surface area is 130 Å². The summed E-state index contributed by atoms with van der Waals surface area (Å²) in [5.41, 5.74) is 1.41. The second-order valence-corrected chi connectivity index (χ2v) is 6.21.